The number of hydrogen-bond donors (Lipinski definition) is 1. The first-order chi connectivity index (χ1) is 15.4. The Balaban J connectivity index is 1.31. The molecule has 1 N–H and O–H groups in total. The molecular weight excluding hydrogens is 426 g/mol. The first-order valence-corrected chi connectivity index (χ1v) is 11.0. The third kappa shape index (κ3) is 4.70. The van der Waals surface area contributed by atoms with Gasteiger partial charge in [-0.05, 0) is 49.9 Å². The van der Waals surface area contributed by atoms with E-state index in [2.05, 4.69) is 22.5 Å². The number of benzene rings is 2. The van der Waals surface area contributed by atoms with Crippen LogP contribution in [0.15, 0.2) is 54.6 Å². The van der Waals surface area contributed by atoms with Crippen LogP contribution in [0.5, 0.6) is 0 Å². The summed E-state index contributed by atoms with van der Waals surface area (Å²) in [6.45, 7) is 4.63. The van der Waals surface area contributed by atoms with Crippen LogP contribution >= 0.6 is 11.6 Å². The van der Waals surface area contributed by atoms with Crippen LogP contribution in [0.1, 0.15) is 40.9 Å². The molecule has 3 aromatic rings. The quantitative estimate of drug-likeness (QED) is 0.523. The van der Waals surface area contributed by atoms with Gasteiger partial charge in [0, 0.05) is 22.8 Å². The van der Waals surface area contributed by atoms with E-state index in [9.17, 15) is 9.59 Å². The van der Waals surface area contributed by atoms with Crippen molar-refractivity contribution in [1.29, 1.82) is 0 Å². The van der Waals surface area contributed by atoms with Crippen molar-refractivity contribution in [3.8, 4) is 0 Å². The Morgan fingerprint density at radius 1 is 1.09 bits per heavy atom. The van der Waals surface area contributed by atoms with Crippen molar-refractivity contribution in [1.82, 2.24) is 15.1 Å². The number of amides is 1. The molecule has 1 aromatic heterocycles. The second-order valence-electron chi connectivity index (χ2n) is 8.23. The minimum absolute atomic E-state index is 0.301. The minimum Gasteiger partial charge on any atom is -0.455 e. The topological polar surface area (TPSA) is 73.2 Å². The van der Waals surface area contributed by atoms with Gasteiger partial charge >= 0.3 is 5.97 Å². The molecule has 1 aliphatic carbocycles. The zero-order valence-corrected chi connectivity index (χ0v) is 19.0. The molecule has 0 saturated heterocycles. The molecule has 6 nitrogen and oxygen atoms in total. The number of aryl methyl sites for hydroxylation is 1. The molecule has 0 spiro atoms. The summed E-state index contributed by atoms with van der Waals surface area (Å²) in [5.74, 6) is -0.696. The number of nitrogens with one attached hydrogen (secondary N) is 1. The summed E-state index contributed by atoms with van der Waals surface area (Å²) in [7, 11) is 0. The zero-order chi connectivity index (χ0) is 22.7. The van der Waals surface area contributed by atoms with Crippen LogP contribution < -0.4 is 5.32 Å². The van der Waals surface area contributed by atoms with E-state index in [0.717, 1.165) is 28.1 Å². The molecular formula is C25H26ClN3O3. The van der Waals surface area contributed by atoms with Gasteiger partial charge in [0.1, 0.15) is 0 Å². The van der Waals surface area contributed by atoms with Gasteiger partial charge in [0.25, 0.3) is 5.91 Å². The molecule has 4 rings (SSSR count). The van der Waals surface area contributed by atoms with E-state index in [1.807, 2.05) is 48.9 Å². The summed E-state index contributed by atoms with van der Waals surface area (Å²) >= 11 is 5.94. The monoisotopic (exact) mass is 451 g/mol. The lowest BCUT2D eigenvalue weighted by atomic mass is 9.96. The van der Waals surface area contributed by atoms with Gasteiger partial charge in [0.2, 0.25) is 0 Å². The van der Waals surface area contributed by atoms with Gasteiger partial charge in [-0.15, -0.1) is 0 Å². The molecule has 0 radical (unpaired) electrons. The summed E-state index contributed by atoms with van der Waals surface area (Å²) in [6.07, 6.45) is 1.43. The highest BCUT2D eigenvalue weighted by Crippen LogP contribution is 2.49. The fourth-order valence-electron chi connectivity index (χ4n) is 3.91. The highest BCUT2D eigenvalue weighted by Gasteiger charge is 2.52. The van der Waals surface area contributed by atoms with Gasteiger partial charge in [-0.2, -0.15) is 5.10 Å². The van der Waals surface area contributed by atoms with Crippen LogP contribution in [0.3, 0.4) is 0 Å². The molecule has 0 aliphatic heterocycles. The fraction of sp³-hybridized carbons (Fsp3) is 0.320. The molecule has 0 unspecified atom stereocenters. The number of aromatic nitrogens is 2. The van der Waals surface area contributed by atoms with Crippen molar-refractivity contribution in [2.75, 3.05) is 6.61 Å². The third-order valence-corrected chi connectivity index (χ3v) is 6.29. The Labute approximate surface area is 192 Å². The van der Waals surface area contributed by atoms with E-state index in [0.29, 0.717) is 31.0 Å². The predicted octanol–water partition coefficient (Wildman–Crippen LogP) is 4.09. The highest BCUT2D eigenvalue weighted by molar-refractivity contribution is 6.30. The minimum atomic E-state index is -0.642. The van der Waals surface area contributed by atoms with Crippen LogP contribution in [-0.2, 0) is 32.8 Å². The Morgan fingerprint density at radius 2 is 1.78 bits per heavy atom. The molecule has 0 atom stereocenters. The van der Waals surface area contributed by atoms with Crippen molar-refractivity contribution in [3.05, 3.63) is 87.7 Å². The summed E-state index contributed by atoms with van der Waals surface area (Å²) < 4.78 is 7.28. The average molecular weight is 452 g/mol. The Bertz CT molecular complexity index is 1120. The van der Waals surface area contributed by atoms with E-state index in [1.165, 1.54) is 0 Å². The van der Waals surface area contributed by atoms with Crippen molar-refractivity contribution in [2.45, 2.75) is 45.2 Å². The van der Waals surface area contributed by atoms with Crippen LogP contribution in [-0.4, -0.2) is 28.3 Å². The molecule has 1 fully saturated rings. The van der Waals surface area contributed by atoms with Crippen LogP contribution in [0.2, 0.25) is 5.02 Å². The maximum Gasteiger partial charge on any atom is 0.317 e. The van der Waals surface area contributed by atoms with Crippen molar-refractivity contribution in [3.63, 3.8) is 0 Å². The van der Waals surface area contributed by atoms with E-state index < -0.39 is 5.41 Å². The predicted molar refractivity (Wildman–Crippen MR) is 122 cm³/mol. The number of halogens is 1. The lowest BCUT2D eigenvalue weighted by Crippen LogP contribution is -2.32. The summed E-state index contributed by atoms with van der Waals surface area (Å²) in [5.41, 5.74) is 4.25. The van der Waals surface area contributed by atoms with E-state index >= 15 is 0 Å². The third-order valence-electron chi connectivity index (χ3n) is 6.04. The molecule has 1 heterocycles. The van der Waals surface area contributed by atoms with Crippen LogP contribution in [0.4, 0.5) is 0 Å². The van der Waals surface area contributed by atoms with E-state index in [4.69, 9.17) is 16.3 Å². The standard InChI is InChI=1S/C25H26ClN3O3/c1-17-22(18(2)29(28-17)15-19-6-4-3-5-7-19)14-27-23(30)16-32-24(31)25(12-13-25)20-8-10-21(26)11-9-20/h3-11H,12-16H2,1-2H3,(H,27,30). The largest absolute Gasteiger partial charge is 0.455 e. The van der Waals surface area contributed by atoms with Gasteiger partial charge in [0.05, 0.1) is 17.7 Å². The number of carbonyl (C=O) groups excluding carboxylic acids is 2. The summed E-state index contributed by atoms with van der Waals surface area (Å²) in [5, 5.41) is 8.07. The fourth-order valence-corrected chi connectivity index (χ4v) is 4.04. The van der Waals surface area contributed by atoms with Gasteiger partial charge in [-0.1, -0.05) is 54.1 Å². The van der Waals surface area contributed by atoms with Gasteiger partial charge in [-0.25, -0.2) is 0 Å². The van der Waals surface area contributed by atoms with Crippen molar-refractivity contribution < 1.29 is 14.3 Å². The maximum atomic E-state index is 12.6. The van der Waals surface area contributed by atoms with Gasteiger partial charge in [-0.3, -0.25) is 14.3 Å². The zero-order valence-electron chi connectivity index (χ0n) is 18.2. The average Bonchev–Trinajstić information content (AvgIpc) is 3.55. The number of rotatable bonds is 8. The lowest BCUT2D eigenvalue weighted by Gasteiger charge is -2.15. The highest BCUT2D eigenvalue weighted by atomic mass is 35.5. The summed E-state index contributed by atoms with van der Waals surface area (Å²) in [4.78, 5) is 25.0. The Kier molecular flexibility index (Phi) is 6.33. The normalized spacial score (nSPS) is 14.1. The van der Waals surface area contributed by atoms with E-state index in [-0.39, 0.29) is 18.5 Å². The van der Waals surface area contributed by atoms with Crippen molar-refractivity contribution in [2.24, 2.45) is 0 Å². The maximum absolute atomic E-state index is 12.6. The Hall–Kier alpha value is -3.12. The molecule has 2 aromatic carbocycles. The molecule has 1 aliphatic rings. The number of nitrogens with zero attached hydrogens (tertiary/aromatic N) is 2. The summed E-state index contributed by atoms with van der Waals surface area (Å²) in [6, 6.07) is 17.3. The molecule has 1 saturated carbocycles. The smallest absolute Gasteiger partial charge is 0.317 e. The SMILES string of the molecule is Cc1nn(Cc2ccccc2)c(C)c1CNC(=O)COC(=O)C1(c2ccc(Cl)cc2)CC1. The van der Waals surface area contributed by atoms with E-state index in [1.54, 1.807) is 12.1 Å². The van der Waals surface area contributed by atoms with Gasteiger partial charge in [0.15, 0.2) is 6.61 Å². The lowest BCUT2D eigenvalue weighted by molar-refractivity contribution is -0.151. The van der Waals surface area contributed by atoms with Crippen molar-refractivity contribution >= 4 is 23.5 Å². The molecule has 32 heavy (non-hydrogen) atoms. The molecule has 0 bridgehead atoms. The molecule has 7 heteroatoms. The number of esters is 1. The molecule has 1 amide bonds. The molecule has 166 valence electrons. The second kappa shape index (κ2) is 9.17. The Morgan fingerprint density at radius 3 is 2.44 bits per heavy atom. The number of carbonyl (C=O) groups is 2. The van der Waals surface area contributed by atoms with Crippen LogP contribution in [0.25, 0.3) is 0 Å². The first kappa shape index (κ1) is 22.1. The number of hydrogen-bond acceptors (Lipinski definition) is 4. The van der Waals surface area contributed by atoms with Crippen LogP contribution in [0, 0.1) is 13.8 Å². The van der Waals surface area contributed by atoms with Gasteiger partial charge < -0.3 is 10.1 Å². The number of ether oxygens (including phenoxy) is 1. The first-order valence-electron chi connectivity index (χ1n) is 10.7. The second-order valence-corrected chi connectivity index (χ2v) is 8.67.